The Morgan fingerprint density at radius 2 is 1.94 bits per heavy atom. The lowest BCUT2D eigenvalue weighted by Crippen LogP contribution is -2.46. The normalized spacial score (nSPS) is 25.7. The molecule has 0 unspecified atom stereocenters. The third kappa shape index (κ3) is 2.52. The second-order valence-electron chi connectivity index (χ2n) is 5.14. The first-order valence-electron chi connectivity index (χ1n) is 5.34. The maximum Gasteiger partial charge on any atom is 0.328 e. The molecule has 5 nitrogen and oxygen atoms in total. The van der Waals surface area contributed by atoms with Crippen molar-refractivity contribution < 1.29 is 19.4 Å². The number of methoxy groups -OCH3 is 1. The molecule has 0 aromatic carbocycles. The number of carbonyl (C=O) groups is 2. The zero-order valence-electron chi connectivity index (χ0n) is 10.2. The number of aliphatic hydroxyl groups is 1. The first-order chi connectivity index (χ1) is 7.27. The van der Waals surface area contributed by atoms with E-state index in [0.717, 1.165) is 0 Å². The van der Waals surface area contributed by atoms with Gasteiger partial charge in [-0.05, 0) is 0 Å². The zero-order valence-corrected chi connectivity index (χ0v) is 10.2. The van der Waals surface area contributed by atoms with Gasteiger partial charge >= 0.3 is 5.97 Å². The molecule has 1 N–H and O–H groups in total. The molecule has 1 aliphatic rings. The van der Waals surface area contributed by atoms with Gasteiger partial charge < -0.3 is 14.7 Å². The Morgan fingerprint density at radius 1 is 1.38 bits per heavy atom. The predicted octanol–water partition coefficient (Wildman–Crippen LogP) is 0.167. The van der Waals surface area contributed by atoms with Crippen LogP contribution in [0.2, 0.25) is 0 Å². The van der Waals surface area contributed by atoms with Crippen LogP contribution in [0.4, 0.5) is 0 Å². The van der Waals surface area contributed by atoms with E-state index in [0.29, 0.717) is 0 Å². The molecule has 0 radical (unpaired) electrons. The summed E-state index contributed by atoms with van der Waals surface area (Å²) in [5.74, 6) is -0.603. The monoisotopic (exact) mass is 229 g/mol. The lowest BCUT2D eigenvalue weighted by Gasteiger charge is -2.29. The van der Waals surface area contributed by atoms with Crippen LogP contribution in [-0.2, 0) is 14.3 Å². The van der Waals surface area contributed by atoms with Crippen LogP contribution in [0.15, 0.2) is 0 Å². The van der Waals surface area contributed by atoms with Crippen molar-refractivity contribution in [2.75, 3.05) is 13.7 Å². The molecule has 92 valence electrons. The van der Waals surface area contributed by atoms with E-state index in [4.69, 9.17) is 0 Å². The van der Waals surface area contributed by atoms with Crippen LogP contribution >= 0.6 is 0 Å². The maximum atomic E-state index is 12.1. The molecule has 0 aliphatic carbocycles. The van der Waals surface area contributed by atoms with Crippen LogP contribution in [-0.4, -0.2) is 47.7 Å². The van der Waals surface area contributed by atoms with Crippen LogP contribution in [0, 0.1) is 5.41 Å². The van der Waals surface area contributed by atoms with Gasteiger partial charge in [-0.3, -0.25) is 4.79 Å². The fourth-order valence-electron chi connectivity index (χ4n) is 1.83. The number of esters is 1. The van der Waals surface area contributed by atoms with Crippen molar-refractivity contribution in [3.8, 4) is 0 Å². The van der Waals surface area contributed by atoms with Gasteiger partial charge in [0.1, 0.15) is 6.04 Å². The molecule has 1 heterocycles. The fraction of sp³-hybridized carbons (Fsp3) is 0.818. The van der Waals surface area contributed by atoms with Crippen molar-refractivity contribution in [1.29, 1.82) is 0 Å². The number of likely N-dealkylation sites (tertiary alicyclic amines) is 1. The summed E-state index contributed by atoms with van der Waals surface area (Å²) in [4.78, 5) is 24.9. The number of nitrogens with zero attached hydrogens (tertiary/aromatic N) is 1. The Morgan fingerprint density at radius 3 is 2.38 bits per heavy atom. The van der Waals surface area contributed by atoms with E-state index in [1.807, 2.05) is 0 Å². The number of rotatable bonds is 1. The predicted molar refractivity (Wildman–Crippen MR) is 57.6 cm³/mol. The number of hydrogen-bond acceptors (Lipinski definition) is 4. The molecule has 1 rings (SSSR count). The highest BCUT2D eigenvalue weighted by molar-refractivity contribution is 5.88. The molecule has 1 saturated heterocycles. The van der Waals surface area contributed by atoms with Crippen molar-refractivity contribution in [3.63, 3.8) is 0 Å². The number of amides is 1. The topological polar surface area (TPSA) is 66.8 Å². The lowest BCUT2D eigenvalue weighted by molar-refractivity contribution is -0.153. The summed E-state index contributed by atoms with van der Waals surface area (Å²) in [7, 11) is 1.28. The minimum Gasteiger partial charge on any atom is -0.467 e. The van der Waals surface area contributed by atoms with Gasteiger partial charge in [-0.2, -0.15) is 0 Å². The lowest BCUT2D eigenvalue weighted by atomic mass is 9.94. The van der Waals surface area contributed by atoms with E-state index >= 15 is 0 Å². The van der Waals surface area contributed by atoms with E-state index in [1.165, 1.54) is 12.0 Å². The number of aliphatic hydroxyl groups excluding tert-OH is 1. The second-order valence-corrected chi connectivity index (χ2v) is 5.14. The molecule has 0 saturated carbocycles. The van der Waals surface area contributed by atoms with Gasteiger partial charge in [-0.15, -0.1) is 0 Å². The minimum atomic E-state index is -0.647. The molecule has 0 aromatic heterocycles. The number of hydrogen-bond donors (Lipinski definition) is 1. The first kappa shape index (κ1) is 13.0. The van der Waals surface area contributed by atoms with Crippen LogP contribution in [0.3, 0.4) is 0 Å². The SMILES string of the molecule is COC(=O)[C@@H]1C[C@@H](O)CN1C(=O)C(C)(C)C. The van der Waals surface area contributed by atoms with Gasteiger partial charge in [-0.1, -0.05) is 20.8 Å². The summed E-state index contributed by atoms with van der Waals surface area (Å²) in [5.41, 5.74) is -0.559. The van der Waals surface area contributed by atoms with E-state index < -0.39 is 23.5 Å². The molecular weight excluding hydrogens is 210 g/mol. The molecule has 0 bridgehead atoms. The summed E-state index contributed by atoms with van der Waals surface area (Å²) in [6.07, 6.45) is -0.385. The van der Waals surface area contributed by atoms with Gasteiger partial charge in [0.25, 0.3) is 0 Å². The number of carbonyl (C=O) groups excluding carboxylic acids is 2. The molecule has 2 atom stereocenters. The largest absolute Gasteiger partial charge is 0.467 e. The van der Waals surface area contributed by atoms with Crippen LogP contribution < -0.4 is 0 Å². The standard InChI is InChI=1S/C11H19NO4/c1-11(2,3)10(15)12-6-7(13)5-8(12)9(14)16-4/h7-8,13H,5-6H2,1-4H3/t7-,8+/m1/s1. The molecule has 0 aromatic rings. The van der Waals surface area contributed by atoms with Crippen LogP contribution in [0.25, 0.3) is 0 Å². The number of ether oxygens (including phenoxy) is 1. The molecule has 1 aliphatic heterocycles. The molecule has 1 amide bonds. The van der Waals surface area contributed by atoms with Crippen LogP contribution in [0.1, 0.15) is 27.2 Å². The van der Waals surface area contributed by atoms with E-state index in [9.17, 15) is 14.7 Å². The summed E-state index contributed by atoms with van der Waals surface area (Å²) in [6, 6.07) is -0.647. The Hall–Kier alpha value is -1.10. The third-order valence-electron chi connectivity index (χ3n) is 2.65. The summed E-state index contributed by atoms with van der Waals surface area (Å²) < 4.78 is 4.63. The van der Waals surface area contributed by atoms with Crippen molar-refractivity contribution >= 4 is 11.9 Å². The highest BCUT2D eigenvalue weighted by atomic mass is 16.5. The summed E-state index contributed by atoms with van der Waals surface area (Å²) in [5, 5.41) is 9.53. The highest BCUT2D eigenvalue weighted by Gasteiger charge is 2.42. The molecule has 16 heavy (non-hydrogen) atoms. The smallest absolute Gasteiger partial charge is 0.328 e. The van der Waals surface area contributed by atoms with Gasteiger partial charge in [-0.25, -0.2) is 4.79 Å². The second kappa shape index (κ2) is 4.41. The molecular formula is C11H19NO4. The van der Waals surface area contributed by atoms with E-state index in [2.05, 4.69) is 4.74 Å². The first-order valence-corrected chi connectivity index (χ1v) is 5.34. The van der Waals surface area contributed by atoms with Crippen molar-refractivity contribution in [3.05, 3.63) is 0 Å². The minimum absolute atomic E-state index is 0.139. The summed E-state index contributed by atoms with van der Waals surface area (Å²) >= 11 is 0. The van der Waals surface area contributed by atoms with Crippen molar-refractivity contribution in [2.45, 2.75) is 39.3 Å². The van der Waals surface area contributed by atoms with Gasteiger partial charge in [0.2, 0.25) is 5.91 Å². The molecule has 0 spiro atoms. The Bertz CT molecular complexity index is 295. The third-order valence-corrected chi connectivity index (χ3v) is 2.65. The Balaban J connectivity index is 2.85. The Kier molecular flexibility index (Phi) is 3.57. The average Bonchev–Trinajstić information content (AvgIpc) is 2.56. The fourth-order valence-corrected chi connectivity index (χ4v) is 1.83. The molecule has 5 heteroatoms. The zero-order chi connectivity index (χ0) is 12.5. The van der Waals surface area contributed by atoms with Crippen molar-refractivity contribution in [1.82, 2.24) is 4.90 Å². The van der Waals surface area contributed by atoms with Gasteiger partial charge in [0.15, 0.2) is 0 Å². The van der Waals surface area contributed by atoms with Gasteiger partial charge in [0.05, 0.1) is 13.2 Å². The maximum absolute atomic E-state index is 12.1. The van der Waals surface area contributed by atoms with Crippen molar-refractivity contribution in [2.24, 2.45) is 5.41 Å². The Labute approximate surface area is 95.4 Å². The number of β-amino-alcohol motifs (C(OH)–C–C–N with tert-alkyl or cyclic N) is 1. The van der Waals surface area contributed by atoms with Gasteiger partial charge in [0, 0.05) is 18.4 Å². The van der Waals surface area contributed by atoms with E-state index in [1.54, 1.807) is 20.8 Å². The average molecular weight is 229 g/mol. The van der Waals surface area contributed by atoms with E-state index in [-0.39, 0.29) is 18.9 Å². The molecule has 1 fully saturated rings. The van der Waals surface area contributed by atoms with Crippen LogP contribution in [0.5, 0.6) is 0 Å². The quantitative estimate of drug-likeness (QED) is 0.651. The summed E-state index contributed by atoms with van der Waals surface area (Å²) in [6.45, 7) is 5.56. The highest BCUT2D eigenvalue weighted by Crippen LogP contribution is 2.26.